The van der Waals surface area contributed by atoms with Gasteiger partial charge in [0.05, 0.1) is 17.6 Å². The van der Waals surface area contributed by atoms with Crippen LogP contribution >= 0.6 is 0 Å². The maximum absolute atomic E-state index is 12.0. The van der Waals surface area contributed by atoms with E-state index in [0.717, 1.165) is 0 Å². The van der Waals surface area contributed by atoms with Crippen LogP contribution in [-0.4, -0.2) is 51.6 Å². The summed E-state index contributed by atoms with van der Waals surface area (Å²) < 4.78 is 31.3. The van der Waals surface area contributed by atoms with Gasteiger partial charge in [-0.05, 0) is 19.1 Å². The van der Waals surface area contributed by atoms with Gasteiger partial charge in [-0.15, -0.1) is 0 Å². The highest BCUT2D eigenvalue weighted by Crippen LogP contribution is 2.23. The molecule has 1 unspecified atom stereocenters. The van der Waals surface area contributed by atoms with Crippen LogP contribution < -0.4 is 20.5 Å². The first-order valence-corrected chi connectivity index (χ1v) is 8.12. The third-order valence-electron chi connectivity index (χ3n) is 2.88. The van der Waals surface area contributed by atoms with Crippen LogP contribution in [0.25, 0.3) is 0 Å². The molecular weight excluding hydrogens is 326 g/mol. The molecule has 0 spiro atoms. The summed E-state index contributed by atoms with van der Waals surface area (Å²) in [6, 6.07) is 2.56. The number of carboxylic acids is 1. The standard InChI is InChI=1S/C13H19N3O6S/c1-8(13(18)19)16-12(17)10-4-3-9(7-11(10)22-2)23(20,21)15-6-5-14/h3-4,7-8,15H,5-6,14H2,1-2H3,(H,16,17)(H,18,19). The number of carbonyl (C=O) groups excluding carboxylic acids is 1. The summed E-state index contributed by atoms with van der Waals surface area (Å²) in [6.07, 6.45) is 0. The fourth-order valence-electron chi connectivity index (χ4n) is 1.64. The van der Waals surface area contributed by atoms with Crippen LogP contribution in [0.2, 0.25) is 0 Å². The average Bonchev–Trinajstić information content (AvgIpc) is 2.51. The zero-order valence-corrected chi connectivity index (χ0v) is 13.5. The Hall–Kier alpha value is -2.17. The second kappa shape index (κ2) is 7.90. The molecule has 0 saturated carbocycles. The van der Waals surface area contributed by atoms with E-state index in [4.69, 9.17) is 15.6 Å². The van der Waals surface area contributed by atoms with Crippen molar-refractivity contribution < 1.29 is 27.9 Å². The minimum Gasteiger partial charge on any atom is -0.496 e. The zero-order valence-electron chi connectivity index (χ0n) is 12.7. The molecule has 0 aliphatic carbocycles. The predicted molar refractivity (Wildman–Crippen MR) is 81.8 cm³/mol. The number of nitrogens with one attached hydrogen (secondary N) is 2. The van der Waals surface area contributed by atoms with Gasteiger partial charge in [-0.2, -0.15) is 0 Å². The summed E-state index contributed by atoms with van der Waals surface area (Å²) in [6.45, 7) is 1.52. The lowest BCUT2D eigenvalue weighted by Crippen LogP contribution is -2.38. The monoisotopic (exact) mass is 345 g/mol. The topological polar surface area (TPSA) is 148 Å². The van der Waals surface area contributed by atoms with Gasteiger partial charge in [0.15, 0.2) is 0 Å². The number of aliphatic carboxylic acids is 1. The summed E-state index contributed by atoms with van der Waals surface area (Å²) in [4.78, 5) is 22.7. The van der Waals surface area contributed by atoms with Crippen molar-refractivity contribution in [3.63, 3.8) is 0 Å². The van der Waals surface area contributed by atoms with E-state index in [0.29, 0.717) is 0 Å². The van der Waals surface area contributed by atoms with Crippen LogP contribution in [0, 0.1) is 0 Å². The number of carboxylic acid groups (broad SMARTS) is 1. The van der Waals surface area contributed by atoms with Crippen LogP contribution in [0.5, 0.6) is 5.75 Å². The Labute approximate surface area is 133 Å². The van der Waals surface area contributed by atoms with Gasteiger partial charge in [0.2, 0.25) is 10.0 Å². The molecule has 0 fully saturated rings. The maximum atomic E-state index is 12.0. The largest absolute Gasteiger partial charge is 0.496 e. The van der Waals surface area contributed by atoms with Gasteiger partial charge in [0, 0.05) is 19.2 Å². The second-order valence-corrected chi connectivity index (χ2v) is 6.35. The van der Waals surface area contributed by atoms with Gasteiger partial charge in [-0.1, -0.05) is 0 Å². The van der Waals surface area contributed by atoms with E-state index < -0.39 is 27.9 Å². The Kier molecular flexibility index (Phi) is 6.49. The maximum Gasteiger partial charge on any atom is 0.325 e. The van der Waals surface area contributed by atoms with Crippen molar-refractivity contribution in [2.75, 3.05) is 20.2 Å². The highest BCUT2D eigenvalue weighted by molar-refractivity contribution is 7.89. The molecule has 0 heterocycles. The van der Waals surface area contributed by atoms with Crippen LogP contribution in [0.15, 0.2) is 23.1 Å². The first-order valence-electron chi connectivity index (χ1n) is 6.64. The third kappa shape index (κ3) is 4.91. The Morgan fingerprint density at radius 1 is 1.39 bits per heavy atom. The summed E-state index contributed by atoms with van der Waals surface area (Å²) in [5, 5.41) is 11.1. The molecule has 1 aromatic carbocycles. The van der Waals surface area contributed by atoms with Crippen molar-refractivity contribution in [3.8, 4) is 5.75 Å². The number of amides is 1. The van der Waals surface area contributed by atoms with Crippen molar-refractivity contribution in [3.05, 3.63) is 23.8 Å². The first kappa shape index (κ1) is 18.9. The number of ether oxygens (including phenoxy) is 1. The summed E-state index contributed by atoms with van der Waals surface area (Å²) in [7, 11) is -2.50. The highest BCUT2D eigenvalue weighted by Gasteiger charge is 2.21. The summed E-state index contributed by atoms with van der Waals surface area (Å²) >= 11 is 0. The fourth-order valence-corrected chi connectivity index (χ4v) is 2.70. The van der Waals surface area contributed by atoms with E-state index in [9.17, 15) is 18.0 Å². The Morgan fingerprint density at radius 2 is 2.04 bits per heavy atom. The van der Waals surface area contributed by atoms with Crippen molar-refractivity contribution in [2.45, 2.75) is 17.9 Å². The quantitative estimate of drug-likeness (QED) is 0.479. The predicted octanol–water partition coefficient (Wildman–Crippen LogP) is -0.865. The van der Waals surface area contributed by atoms with Crippen molar-refractivity contribution in [2.24, 2.45) is 5.73 Å². The molecule has 1 aromatic rings. The Balaban J connectivity index is 3.10. The number of hydrogen-bond donors (Lipinski definition) is 4. The smallest absolute Gasteiger partial charge is 0.325 e. The van der Waals surface area contributed by atoms with Gasteiger partial charge in [-0.3, -0.25) is 9.59 Å². The Bertz CT molecular complexity index is 689. The van der Waals surface area contributed by atoms with Gasteiger partial charge >= 0.3 is 5.97 Å². The number of benzene rings is 1. The zero-order chi connectivity index (χ0) is 17.6. The molecule has 0 bridgehead atoms. The van der Waals surface area contributed by atoms with Crippen molar-refractivity contribution in [1.82, 2.24) is 10.0 Å². The molecule has 128 valence electrons. The first-order chi connectivity index (χ1) is 10.7. The minimum atomic E-state index is -3.77. The lowest BCUT2D eigenvalue weighted by atomic mass is 10.1. The molecule has 1 atom stereocenters. The summed E-state index contributed by atoms with van der Waals surface area (Å²) in [5.74, 6) is -1.87. The molecule has 0 aromatic heterocycles. The molecule has 0 saturated heterocycles. The van der Waals surface area contributed by atoms with Gasteiger partial charge in [-0.25, -0.2) is 13.1 Å². The average molecular weight is 345 g/mol. The van der Waals surface area contributed by atoms with E-state index in [1.807, 2.05) is 0 Å². The SMILES string of the molecule is COc1cc(S(=O)(=O)NCCN)ccc1C(=O)NC(C)C(=O)O. The van der Waals surface area contributed by atoms with Crippen LogP contribution in [0.1, 0.15) is 17.3 Å². The molecule has 23 heavy (non-hydrogen) atoms. The number of methoxy groups -OCH3 is 1. The van der Waals surface area contributed by atoms with Gasteiger partial charge in [0.1, 0.15) is 11.8 Å². The number of sulfonamides is 1. The van der Waals surface area contributed by atoms with E-state index >= 15 is 0 Å². The fraction of sp³-hybridized carbons (Fsp3) is 0.385. The lowest BCUT2D eigenvalue weighted by molar-refractivity contribution is -0.138. The molecule has 10 heteroatoms. The van der Waals surface area contributed by atoms with Crippen LogP contribution in [-0.2, 0) is 14.8 Å². The Morgan fingerprint density at radius 3 is 2.57 bits per heavy atom. The molecular formula is C13H19N3O6S. The molecule has 0 aliphatic heterocycles. The van der Waals surface area contributed by atoms with Gasteiger partial charge < -0.3 is 20.9 Å². The summed E-state index contributed by atoms with van der Waals surface area (Å²) in [5.41, 5.74) is 5.28. The molecule has 0 aliphatic rings. The van der Waals surface area contributed by atoms with E-state index in [2.05, 4.69) is 10.0 Å². The number of nitrogens with two attached hydrogens (primary N) is 1. The molecule has 1 amide bonds. The van der Waals surface area contributed by atoms with E-state index in [1.165, 1.54) is 32.2 Å². The molecule has 5 N–H and O–H groups in total. The molecule has 9 nitrogen and oxygen atoms in total. The number of hydrogen-bond acceptors (Lipinski definition) is 6. The molecule has 0 radical (unpaired) electrons. The normalized spacial score (nSPS) is 12.5. The van der Waals surface area contributed by atoms with Crippen molar-refractivity contribution in [1.29, 1.82) is 0 Å². The molecule has 1 rings (SSSR count). The van der Waals surface area contributed by atoms with Gasteiger partial charge in [0.25, 0.3) is 5.91 Å². The highest BCUT2D eigenvalue weighted by atomic mass is 32.2. The van der Waals surface area contributed by atoms with E-state index in [-0.39, 0.29) is 29.3 Å². The van der Waals surface area contributed by atoms with Crippen molar-refractivity contribution >= 4 is 21.9 Å². The van der Waals surface area contributed by atoms with E-state index in [1.54, 1.807) is 0 Å². The second-order valence-electron chi connectivity index (χ2n) is 4.58. The van der Waals surface area contributed by atoms with Crippen LogP contribution in [0.4, 0.5) is 0 Å². The van der Waals surface area contributed by atoms with Crippen LogP contribution in [0.3, 0.4) is 0 Å². The third-order valence-corrected chi connectivity index (χ3v) is 4.34. The lowest BCUT2D eigenvalue weighted by Gasteiger charge is -2.13. The minimum absolute atomic E-state index is 0.00992. The number of rotatable bonds is 8. The number of carbonyl (C=O) groups is 2.